The van der Waals surface area contributed by atoms with E-state index in [1.165, 1.54) is 5.69 Å². The Bertz CT molecular complexity index is 609. The van der Waals surface area contributed by atoms with Crippen molar-refractivity contribution >= 4 is 11.4 Å². The van der Waals surface area contributed by atoms with Crippen molar-refractivity contribution in [2.45, 2.75) is 19.9 Å². The van der Waals surface area contributed by atoms with E-state index in [1.54, 1.807) is 7.11 Å². The highest BCUT2D eigenvalue weighted by Crippen LogP contribution is 2.28. The number of nitrogens with zero attached hydrogens (tertiary/aromatic N) is 1. The molecule has 0 aliphatic carbocycles. The topological polar surface area (TPSA) is 33.7 Å². The fourth-order valence-corrected chi connectivity index (χ4v) is 2.24. The largest absolute Gasteiger partial charge is 0.493 e. The third-order valence-corrected chi connectivity index (χ3v) is 3.57. The normalized spacial score (nSPS) is 10.3. The summed E-state index contributed by atoms with van der Waals surface area (Å²) in [7, 11) is 5.74. The molecule has 0 aliphatic heterocycles. The summed E-state index contributed by atoms with van der Waals surface area (Å²) in [5, 5.41) is 3.43. The third-order valence-electron chi connectivity index (χ3n) is 3.57. The van der Waals surface area contributed by atoms with Crippen molar-refractivity contribution in [2.75, 3.05) is 38.0 Å². The van der Waals surface area contributed by atoms with Crippen molar-refractivity contribution in [1.82, 2.24) is 0 Å². The Balaban J connectivity index is 2.02. The van der Waals surface area contributed by atoms with Gasteiger partial charge in [0.25, 0.3) is 0 Å². The molecule has 2 aromatic rings. The Morgan fingerprint density at radius 3 is 2.35 bits per heavy atom. The molecule has 0 spiro atoms. The van der Waals surface area contributed by atoms with Gasteiger partial charge in [0.15, 0.2) is 11.5 Å². The van der Waals surface area contributed by atoms with Gasteiger partial charge in [-0.1, -0.05) is 13.0 Å². The predicted molar refractivity (Wildman–Crippen MR) is 96.9 cm³/mol. The first-order chi connectivity index (χ1) is 11.1. The number of methoxy groups -OCH3 is 1. The summed E-state index contributed by atoms with van der Waals surface area (Å²) in [5.41, 5.74) is 3.45. The molecule has 0 radical (unpaired) electrons. The zero-order chi connectivity index (χ0) is 16.7. The first kappa shape index (κ1) is 17.0. The Labute approximate surface area is 139 Å². The second kappa shape index (κ2) is 8.32. The summed E-state index contributed by atoms with van der Waals surface area (Å²) >= 11 is 0. The van der Waals surface area contributed by atoms with Gasteiger partial charge in [-0.3, -0.25) is 0 Å². The average Bonchev–Trinajstić information content (AvgIpc) is 2.58. The van der Waals surface area contributed by atoms with E-state index in [0.717, 1.165) is 35.7 Å². The van der Waals surface area contributed by atoms with Crippen LogP contribution in [0.5, 0.6) is 11.5 Å². The zero-order valence-corrected chi connectivity index (χ0v) is 14.4. The molecule has 124 valence electrons. The van der Waals surface area contributed by atoms with Crippen LogP contribution in [0.2, 0.25) is 0 Å². The standard InChI is InChI=1S/C19H26N2O2/c1-5-12-23-19-13-15(6-11-18(19)22-4)14-20-16-7-9-17(10-8-16)21(2)3/h6-11,13,20H,5,12,14H2,1-4H3. The fraction of sp³-hybridized carbons (Fsp3) is 0.368. The first-order valence-electron chi connectivity index (χ1n) is 7.95. The van der Waals surface area contributed by atoms with Gasteiger partial charge in [-0.2, -0.15) is 0 Å². The Morgan fingerprint density at radius 1 is 1.00 bits per heavy atom. The number of anilines is 2. The van der Waals surface area contributed by atoms with Gasteiger partial charge in [0.1, 0.15) is 0 Å². The summed E-state index contributed by atoms with van der Waals surface area (Å²) in [6, 6.07) is 14.4. The van der Waals surface area contributed by atoms with Crippen LogP contribution in [-0.2, 0) is 6.54 Å². The van der Waals surface area contributed by atoms with Crippen molar-refractivity contribution in [3.63, 3.8) is 0 Å². The highest BCUT2D eigenvalue weighted by molar-refractivity contribution is 5.54. The summed E-state index contributed by atoms with van der Waals surface area (Å²) < 4.78 is 11.1. The lowest BCUT2D eigenvalue weighted by molar-refractivity contribution is 0.294. The van der Waals surface area contributed by atoms with Crippen LogP contribution in [0.1, 0.15) is 18.9 Å². The summed E-state index contributed by atoms with van der Waals surface area (Å²) in [4.78, 5) is 2.09. The lowest BCUT2D eigenvalue weighted by Crippen LogP contribution is -2.08. The van der Waals surface area contributed by atoms with Crippen molar-refractivity contribution in [2.24, 2.45) is 0 Å². The summed E-state index contributed by atoms with van der Waals surface area (Å²) in [5.74, 6) is 1.58. The van der Waals surface area contributed by atoms with Crippen LogP contribution < -0.4 is 19.7 Å². The predicted octanol–water partition coefficient (Wildman–Crippen LogP) is 4.16. The third kappa shape index (κ3) is 4.81. The molecule has 0 saturated heterocycles. The number of hydrogen-bond donors (Lipinski definition) is 1. The maximum atomic E-state index is 5.75. The molecule has 0 saturated carbocycles. The quantitative estimate of drug-likeness (QED) is 0.793. The highest BCUT2D eigenvalue weighted by atomic mass is 16.5. The maximum Gasteiger partial charge on any atom is 0.161 e. The van der Waals surface area contributed by atoms with Crippen molar-refractivity contribution in [3.8, 4) is 11.5 Å². The van der Waals surface area contributed by atoms with E-state index in [4.69, 9.17) is 9.47 Å². The monoisotopic (exact) mass is 314 g/mol. The van der Waals surface area contributed by atoms with E-state index in [0.29, 0.717) is 6.61 Å². The molecule has 2 aromatic carbocycles. The molecule has 0 unspecified atom stereocenters. The number of hydrogen-bond acceptors (Lipinski definition) is 4. The fourth-order valence-electron chi connectivity index (χ4n) is 2.24. The van der Waals surface area contributed by atoms with Crippen LogP contribution in [0, 0.1) is 0 Å². The summed E-state index contributed by atoms with van der Waals surface area (Å²) in [6.07, 6.45) is 0.976. The minimum atomic E-state index is 0.694. The van der Waals surface area contributed by atoms with Crippen molar-refractivity contribution in [1.29, 1.82) is 0 Å². The first-order valence-corrected chi connectivity index (χ1v) is 7.95. The molecule has 0 bridgehead atoms. The Kier molecular flexibility index (Phi) is 6.15. The van der Waals surface area contributed by atoms with Crippen LogP contribution in [0.25, 0.3) is 0 Å². The molecule has 0 aliphatic rings. The second-order valence-corrected chi connectivity index (χ2v) is 5.63. The minimum absolute atomic E-state index is 0.694. The van der Waals surface area contributed by atoms with E-state index in [9.17, 15) is 0 Å². The number of benzene rings is 2. The Morgan fingerprint density at radius 2 is 1.74 bits per heavy atom. The van der Waals surface area contributed by atoms with E-state index in [-0.39, 0.29) is 0 Å². The van der Waals surface area contributed by atoms with E-state index in [2.05, 4.69) is 47.5 Å². The number of nitrogens with one attached hydrogen (secondary N) is 1. The molecule has 0 aromatic heterocycles. The van der Waals surface area contributed by atoms with Crippen LogP contribution in [-0.4, -0.2) is 27.8 Å². The molecule has 0 heterocycles. The molecule has 0 fully saturated rings. The highest BCUT2D eigenvalue weighted by Gasteiger charge is 2.06. The van der Waals surface area contributed by atoms with Gasteiger partial charge in [-0.15, -0.1) is 0 Å². The van der Waals surface area contributed by atoms with Crippen molar-refractivity contribution < 1.29 is 9.47 Å². The molecule has 0 atom stereocenters. The van der Waals surface area contributed by atoms with E-state index >= 15 is 0 Å². The molecular formula is C19H26N2O2. The number of rotatable bonds is 8. The van der Waals surface area contributed by atoms with E-state index < -0.39 is 0 Å². The van der Waals surface area contributed by atoms with Gasteiger partial charge in [0, 0.05) is 32.0 Å². The summed E-state index contributed by atoms with van der Waals surface area (Å²) in [6.45, 7) is 3.53. The number of ether oxygens (including phenoxy) is 2. The van der Waals surface area contributed by atoms with Crippen molar-refractivity contribution in [3.05, 3.63) is 48.0 Å². The van der Waals surface area contributed by atoms with Crippen LogP contribution in [0.4, 0.5) is 11.4 Å². The van der Waals surface area contributed by atoms with Gasteiger partial charge in [-0.05, 0) is 48.4 Å². The molecule has 0 amide bonds. The average molecular weight is 314 g/mol. The second-order valence-electron chi connectivity index (χ2n) is 5.63. The van der Waals surface area contributed by atoms with Crippen LogP contribution >= 0.6 is 0 Å². The minimum Gasteiger partial charge on any atom is -0.493 e. The maximum absolute atomic E-state index is 5.75. The molecule has 1 N–H and O–H groups in total. The lowest BCUT2D eigenvalue weighted by Gasteiger charge is -2.14. The van der Waals surface area contributed by atoms with Crippen LogP contribution in [0.3, 0.4) is 0 Å². The van der Waals surface area contributed by atoms with Gasteiger partial charge in [0.2, 0.25) is 0 Å². The van der Waals surface area contributed by atoms with Gasteiger partial charge >= 0.3 is 0 Å². The SMILES string of the molecule is CCCOc1cc(CNc2ccc(N(C)C)cc2)ccc1OC. The molecular weight excluding hydrogens is 288 g/mol. The zero-order valence-electron chi connectivity index (χ0n) is 14.4. The van der Waals surface area contributed by atoms with Gasteiger partial charge in [0.05, 0.1) is 13.7 Å². The molecule has 23 heavy (non-hydrogen) atoms. The molecule has 4 nitrogen and oxygen atoms in total. The van der Waals surface area contributed by atoms with Gasteiger partial charge in [-0.25, -0.2) is 0 Å². The van der Waals surface area contributed by atoms with Crippen LogP contribution in [0.15, 0.2) is 42.5 Å². The molecule has 4 heteroatoms. The van der Waals surface area contributed by atoms with Gasteiger partial charge < -0.3 is 19.7 Å². The Hall–Kier alpha value is -2.36. The smallest absolute Gasteiger partial charge is 0.161 e. The van der Waals surface area contributed by atoms with E-state index in [1.807, 2.05) is 26.2 Å². The lowest BCUT2D eigenvalue weighted by atomic mass is 10.2. The molecule has 2 rings (SSSR count).